The normalized spacial score (nSPS) is 16.8. The van der Waals surface area contributed by atoms with Gasteiger partial charge < -0.3 is 15.8 Å². The van der Waals surface area contributed by atoms with Crippen LogP contribution >= 0.6 is 22.9 Å². The second-order valence-electron chi connectivity index (χ2n) is 5.97. The van der Waals surface area contributed by atoms with Crippen LogP contribution in [0.15, 0.2) is 40.7 Å². The van der Waals surface area contributed by atoms with Crippen LogP contribution in [0.25, 0.3) is 0 Å². The summed E-state index contributed by atoms with van der Waals surface area (Å²) in [6, 6.07) is 10.0. The van der Waals surface area contributed by atoms with Crippen molar-refractivity contribution in [2.45, 2.75) is 18.9 Å². The van der Waals surface area contributed by atoms with E-state index in [4.69, 9.17) is 22.1 Å². The van der Waals surface area contributed by atoms with Gasteiger partial charge in [0.15, 0.2) is 5.96 Å². The fourth-order valence-corrected chi connectivity index (χ4v) is 4.15. The summed E-state index contributed by atoms with van der Waals surface area (Å²) >= 11 is 7.92. The van der Waals surface area contributed by atoms with Crippen LogP contribution < -0.4 is 15.8 Å². The summed E-state index contributed by atoms with van der Waals surface area (Å²) in [7, 11) is 1.59. The van der Waals surface area contributed by atoms with Crippen LogP contribution in [0.2, 0.25) is 5.02 Å². The van der Waals surface area contributed by atoms with E-state index in [1.165, 1.54) is 17.7 Å². The van der Waals surface area contributed by atoms with Crippen molar-refractivity contribution < 1.29 is 4.74 Å². The van der Waals surface area contributed by atoms with Crippen molar-refractivity contribution >= 4 is 34.6 Å². The highest BCUT2D eigenvalue weighted by molar-refractivity contribution is 7.10. The van der Waals surface area contributed by atoms with Crippen LogP contribution in [-0.2, 0) is 0 Å². The Balaban J connectivity index is 1.67. The maximum atomic E-state index is 6.14. The summed E-state index contributed by atoms with van der Waals surface area (Å²) in [6.45, 7) is 2.89. The predicted molar refractivity (Wildman–Crippen MR) is 106 cm³/mol. The third-order valence-electron chi connectivity index (χ3n) is 4.31. The first kappa shape index (κ1) is 18.0. The van der Waals surface area contributed by atoms with Gasteiger partial charge >= 0.3 is 0 Å². The molecule has 1 aliphatic heterocycles. The van der Waals surface area contributed by atoms with Gasteiger partial charge in [-0.05, 0) is 55.6 Å². The van der Waals surface area contributed by atoms with Crippen molar-refractivity contribution in [1.29, 1.82) is 0 Å². The Hall–Kier alpha value is -1.76. The third kappa shape index (κ3) is 4.66. The molecule has 1 fully saturated rings. The van der Waals surface area contributed by atoms with Crippen LogP contribution in [0.5, 0.6) is 5.75 Å². The molecule has 25 heavy (non-hydrogen) atoms. The Labute approximate surface area is 157 Å². The summed E-state index contributed by atoms with van der Waals surface area (Å²) in [5.74, 6) is 1.02. The van der Waals surface area contributed by atoms with E-state index >= 15 is 0 Å². The maximum absolute atomic E-state index is 6.14. The lowest BCUT2D eigenvalue weighted by Crippen LogP contribution is -2.29. The van der Waals surface area contributed by atoms with Crippen LogP contribution in [-0.4, -0.2) is 37.6 Å². The van der Waals surface area contributed by atoms with Crippen LogP contribution in [0.4, 0.5) is 5.69 Å². The minimum atomic E-state index is 0.294. The molecule has 134 valence electrons. The molecule has 1 unspecified atom stereocenters. The predicted octanol–water partition coefficient (Wildman–Crippen LogP) is 3.97. The van der Waals surface area contributed by atoms with Gasteiger partial charge in [0, 0.05) is 10.6 Å². The molecule has 1 saturated heterocycles. The van der Waals surface area contributed by atoms with Crippen molar-refractivity contribution in [2.75, 3.05) is 32.1 Å². The number of hydrogen-bond donors (Lipinski definition) is 2. The third-order valence-corrected chi connectivity index (χ3v) is 5.58. The van der Waals surface area contributed by atoms with Crippen molar-refractivity contribution in [3.8, 4) is 5.75 Å². The molecule has 1 atom stereocenters. The number of nitrogens with one attached hydrogen (secondary N) is 1. The zero-order valence-electron chi connectivity index (χ0n) is 14.2. The summed E-state index contributed by atoms with van der Waals surface area (Å²) in [4.78, 5) is 8.40. The molecule has 1 aromatic carbocycles. The van der Waals surface area contributed by atoms with E-state index in [2.05, 4.69) is 32.7 Å². The Morgan fingerprint density at radius 2 is 2.20 bits per heavy atom. The first-order chi connectivity index (χ1) is 12.2. The number of guanidine groups is 1. The topological polar surface area (TPSA) is 62.9 Å². The van der Waals surface area contributed by atoms with Crippen molar-refractivity contribution in [3.05, 3.63) is 45.6 Å². The van der Waals surface area contributed by atoms with Gasteiger partial charge in [-0.15, -0.1) is 11.3 Å². The van der Waals surface area contributed by atoms with Crippen molar-refractivity contribution in [2.24, 2.45) is 10.7 Å². The lowest BCUT2D eigenvalue weighted by atomic mass is 10.2. The van der Waals surface area contributed by atoms with E-state index in [1.807, 2.05) is 6.07 Å². The van der Waals surface area contributed by atoms with Crippen LogP contribution in [0.3, 0.4) is 0 Å². The molecule has 1 aliphatic rings. The van der Waals surface area contributed by atoms with Crippen molar-refractivity contribution in [1.82, 2.24) is 4.90 Å². The molecule has 3 rings (SSSR count). The van der Waals surface area contributed by atoms with Gasteiger partial charge in [0.25, 0.3) is 0 Å². The monoisotopic (exact) mass is 378 g/mol. The number of benzene rings is 1. The average molecular weight is 379 g/mol. The molecule has 2 heterocycles. The number of nitrogens with two attached hydrogens (primary N) is 1. The molecule has 1 aromatic heterocycles. The summed E-state index contributed by atoms with van der Waals surface area (Å²) < 4.78 is 5.16. The second kappa shape index (κ2) is 8.56. The van der Waals surface area contributed by atoms with Crippen LogP contribution in [0.1, 0.15) is 23.8 Å². The van der Waals surface area contributed by atoms with E-state index in [9.17, 15) is 0 Å². The Morgan fingerprint density at radius 1 is 1.40 bits per heavy atom. The highest BCUT2D eigenvalue weighted by Crippen LogP contribution is 2.29. The molecular weight excluding hydrogens is 356 g/mol. The molecule has 0 spiro atoms. The fourth-order valence-electron chi connectivity index (χ4n) is 3.04. The van der Waals surface area contributed by atoms with E-state index in [1.54, 1.807) is 30.6 Å². The molecule has 0 radical (unpaired) electrons. The molecule has 0 saturated carbocycles. The number of nitrogens with zero attached hydrogens (tertiary/aromatic N) is 2. The number of thiophene rings is 1. The minimum Gasteiger partial charge on any atom is -0.495 e. The second-order valence-corrected chi connectivity index (χ2v) is 7.36. The number of hydrogen-bond acceptors (Lipinski definition) is 4. The first-order valence-corrected chi connectivity index (χ1v) is 9.61. The average Bonchev–Trinajstić information content (AvgIpc) is 3.29. The zero-order valence-corrected chi connectivity index (χ0v) is 15.8. The highest BCUT2D eigenvalue weighted by atomic mass is 35.5. The number of halogens is 1. The molecule has 3 N–H and O–H groups in total. The zero-order chi connectivity index (χ0) is 17.6. The molecule has 0 amide bonds. The SMILES string of the molecule is COc1ccc(NC(N)=NCC(c2cccs2)N2CCCC2)cc1Cl. The number of anilines is 1. The number of likely N-dealkylation sites (tertiary alicyclic amines) is 1. The van der Waals surface area contributed by atoms with Crippen LogP contribution in [0, 0.1) is 0 Å². The molecule has 0 bridgehead atoms. The molecule has 7 heteroatoms. The van der Waals surface area contributed by atoms with E-state index < -0.39 is 0 Å². The highest BCUT2D eigenvalue weighted by Gasteiger charge is 2.23. The minimum absolute atomic E-state index is 0.294. The number of ether oxygens (including phenoxy) is 1. The van der Waals surface area contributed by atoms with Gasteiger partial charge in [0.2, 0.25) is 0 Å². The summed E-state index contributed by atoms with van der Waals surface area (Å²) in [6.07, 6.45) is 2.51. The van der Waals surface area contributed by atoms with Gasteiger partial charge in [-0.25, -0.2) is 0 Å². The van der Waals surface area contributed by atoms with Gasteiger partial charge in [-0.3, -0.25) is 9.89 Å². The molecule has 2 aromatic rings. The lowest BCUT2D eigenvalue weighted by molar-refractivity contribution is 0.255. The Bertz CT molecular complexity index is 714. The number of aliphatic imine (C=N–C) groups is 1. The standard InChI is InChI=1S/C18H23ClN4OS/c1-24-16-7-6-13(11-14(16)19)22-18(20)21-12-15(17-5-4-10-25-17)23-8-2-3-9-23/h4-7,10-11,15H,2-3,8-9,12H2,1H3,(H3,20,21,22). The number of rotatable bonds is 6. The van der Waals surface area contributed by atoms with Gasteiger partial charge in [-0.2, -0.15) is 0 Å². The smallest absolute Gasteiger partial charge is 0.193 e. The Morgan fingerprint density at radius 3 is 2.84 bits per heavy atom. The summed E-state index contributed by atoms with van der Waals surface area (Å²) in [5.41, 5.74) is 6.87. The fraction of sp³-hybridized carbons (Fsp3) is 0.389. The van der Waals surface area contributed by atoms with E-state index in [0.29, 0.717) is 29.3 Å². The summed E-state index contributed by atoms with van der Waals surface area (Å²) in [5, 5.41) is 5.75. The number of methoxy groups -OCH3 is 1. The van der Waals surface area contributed by atoms with E-state index in [-0.39, 0.29) is 0 Å². The quantitative estimate of drug-likeness (QED) is 0.589. The van der Waals surface area contributed by atoms with Crippen molar-refractivity contribution in [3.63, 3.8) is 0 Å². The largest absolute Gasteiger partial charge is 0.495 e. The molecule has 0 aliphatic carbocycles. The van der Waals surface area contributed by atoms with Gasteiger partial charge in [0.05, 0.1) is 24.7 Å². The van der Waals surface area contributed by atoms with E-state index in [0.717, 1.165) is 18.8 Å². The molecular formula is C18H23ClN4OS. The lowest BCUT2D eigenvalue weighted by Gasteiger charge is -2.25. The van der Waals surface area contributed by atoms with Gasteiger partial charge in [0.1, 0.15) is 5.75 Å². The maximum Gasteiger partial charge on any atom is 0.193 e. The van der Waals surface area contributed by atoms with Gasteiger partial charge in [-0.1, -0.05) is 17.7 Å². The molecule has 5 nitrogen and oxygen atoms in total. The Kier molecular flexibility index (Phi) is 6.18. The first-order valence-electron chi connectivity index (χ1n) is 8.35.